The maximum absolute atomic E-state index is 5.07. The molecule has 0 aliphatic rings. The van der Waals surface area contributed by atoms with Crippen LogP contribution in [0.2, 0.25) is 0 Å². The summed E-state index contributed by atoms with van der Waals surface area (Å²) in [5.41, 5.74) is 2.98. The topological polar surface area (TPSA) is 21.3 Å². The Balaban J connectivity index is 3.31. The van der Waals surface area contributed by atoms with Gasteiger partial charge in [0.2, 0.25) is 0 Å². The van der Waals surface area contributed by atoms with Gasteiger partial charge in [0.1, 0.15) is 0 Å². The average molecular weight is 145 g/mol. The third kappa shape index (κ3) is 3.85. The molecule has 2 nitrogen and oxygen atoms in total. The van der Waals surface area contributed by atoms with Crippen LogP contribution in [0.1, 0.15) is 34.1 Å². The van der Waals surface area contributed by atoms with Crippen LogP contribution in [0.25, 0.3) is 0 Å². The highest BCUT2D eigenvalue weighted by molar-refractivity contribution is 4.61. The van der Waals surface area contributed by atoms with Crippen LogP contribution >= 0.6 is 0 Å². The molecule has 0 saturated heterocycles. The predicted octanol–water partition coefficient (Wildman–Crippen LogP) is 1.96. The van der Waals surface area contributed by atoms with Crippen molar-refractivity contribution < 1.29 is 4.84 Å². The van der Waals surface area contributed by atoms with Gasteiger partial charge < -0.3 is 4.84 Å². The smallest absolute Gasteiger partial charge is 0.0654 e. The van der Waals surface area contributed by atoms with Gasteiger partial charge in [-0.3, -0.25) is 0 Å². The fraction of sp³-hybridized carbons (Fsp3) is 1.00. The molecule has 0 spiro atoms. The summed E-state index contributed by atoms with van der Waals surface area (Å²) in [6, 6.07) is 0.463. The van der Waals surface area contributed by atoms with Crippen LogP contribution in [-0.2, 0) is 4.84 Å². The first kappa shape index (κ1) is 9.92. The van der Waals surface area contributed by atoms with E-state index in [0.29, 0.717) is 12.0 Å². The molecule has 0 heterocycles. The Kier molecular flexibility index (Phi) is 5.64. The minimum Gasteiger partial charge on any atom is -0.302 e. The van der Waals surface area contributed by atoms with E-state index in [0.717, 1.165) is 6.61 Å². The summed E-state index contributed by atoms with van der Waals surface area (Å²) in [5.74, 6) is 0.687. The van der Waals surface area contributed by atoms with E-state index in [1.807, 2.05) is 6.92 Å². The first-order valence-corrected chi connectivity index (χ1v) is 4.09. The van der Waals surface area contributed by atoms with Crippen molar-refractivity contribution in [1.82, 2.24) is 5.48 Å². The van der Waals surface area contributed by atoms with Gasteiger partial charge in [0.15, 0.2) is 0 Å². The van der Waals surface area contributed by atoms with Crippen molar-refractivity contribution in [2.75, 3.05) is 6.61 Å². The lowest BCUT2D eigenvalue weighted by Gasteiger charge is -2.18. The maximum atomic E-state index is 5.07. The lowest BCUT2D eigenvalue weighted by Crippen LogP contribution is -2.31. The lowest BCUT2D eigenvalue weighted by atomic mass is 10.0. The molecular weight excluding hydrogens is 126 g/mol. The molecule has 0 aromatic heterocycles. The number of nitrogens with one attached hydrogen (secondary N) is 1. The fourth-order valence-corrected chi connectivity index (χ4v) is 0.684. The van der Waals surface area contributed by atoms with Gasteiger partial charge in [0.25, 0.3) is 0 Å². The second-order valence-electron chi connectivity index (χ2n) is 2.73. The molecule has 2 heteroatoms. The fourth-order valence-electron chi connectivity index (χ4n) is 0.684. The Morgan fingerprint density at radius 3 is 2.30 bits per heavy atom. The van der Waals surface area contributed by atoms with Crippen molar-refractivity contribution in [1.29, 1.82) is 0 Å². The highest BCUT2D eigenvalue weighted by Crippen LogP contribution is 2.05. The van der Waals surface area contributed by atoms with E-state index in [2.05, 4.69) is 26.3 Å². The van der Waals surface area contributed by atoms with E-state index in [4.69, 9.17) is 4.84 Å². The van der Waals surface area contributed by atoms with Crippen molar-refractivity contribution in [3.05, 3.63) is 0 Å². The van der Waals surface area contributed by atoms with Gasteiger partial charge in [0.05, 0.1) is 6.61 Å². The van der Waals surface area contributed by atoms with Gasteiger partial charge in [-0.25, -0.2) is 0 Å². The van der Waals surface area contributed by atoms with Crippen molar-refractivity contribution in [2.45, 2.75) is 40.2 Å². The van der Waals surface area contributed by atoms with Crippen molar-refractivity contribution in [3.8, 4) is 0 Å². The summed E-state index contributed by atoms with van der Waals surface area (Å²) in [4.78, 5) is 5.07. The lowest BCUT2D eigenvalue weighted by molar-refractivity contribution is 0.0155. The zero-order valence-electron chi connectivity index (χ0n) is 7.48. The maximum Gasteiger partial charge on any atom is 0.0654 e. The van der Waals surface area contributed by atoms with Gasteiger partial charge in [-0.05, 0) is 19.8 Å². The Labute approximate surface area is 63.9 Å². The molecule has 0 radical (unpaired) electrons. The summed E-state index contributed by atoms with van der Waals surface area (Å²) in [6.07, 6.45) is 1.20. The molecule has 0 aliphatic heterocycles. The molecule has 0 aromatic rings. The molecule has 0 saturated carbocycles. The average Bonchev–Trinajstić information content (AvgIpc) is 1.98. The van der Waals surface area contributed by atoms with E-state index in [-0.39, 0.29) is 0 Å². The monoisotopic (exact) mass is 145 g/mol. The molecule has 0 bridgehead atoms. The number of hydroxylamine groups is 1. The van der Waals surface area contributed by atoms with E-state index in [9.17, 15) is 0 Å². The molecule has 0 aliphatic carbocycles. The van der Waals surface area contributed by atoms with Crippen LogP contribution in [0.3, 0.4) is 0 Å². The quantitative estimate of drug-likeness (QED) is 0.597. The highest BCUT2D eigenvalue weighted by atomic mass is 16.6. The zero-order chi connectivity index (χ0) is 7.98. The van der Waals surface area contributed by atoms with Crippen LogP contribution in [0.4, 0.5) is 0 Å². The Bertz CT molecular complexity index is 75.7. The molecule has 0 aromatic carbocycles. The van der Waals surface area contributed by atoms with Crippen LogP contribution in [0, 0.1) is 5.92 Å². The first-order valence-electron chi connectivity index (χ1n) is 4.09. The highest BCUT2D eigenvalue weighted by Gasteiger charge is 2.08. The second-order valence-corrected chi connectivity index (χ2v) is 2.73. The van der Waals surface area contributed by atoms with E-state index in [1.54, 1.807) is 0 Å². The molecule has 0 amide bonds. The number of hydrogen-bond donors (Lipinski definition) is 1. The van der Waals surface area contributed by atoms with Gasteiger partial charge in [0, 0.05) is 6.04 Å². The SMILES string of the molecule is CCONC(C)C(C)CC. The van der Waals surface area contributed by atoms with Gasteiger partial charge in [-0.1, -0.05) is 20.3 Å². The normalized spacial score (nSPS) is 16.8. The minimum absolute atomic E-state index is 0.463. The minimum atomic E-state index is 0.463. The van der Waals surface area contributed by atoms with Gasteiger partial charge >= 0.3 is 0 Å². The van der Waals surface area contributed by atoms with Crippen molar-refractivity contribution in [2.24, 2.45) is 5.92 Å². The molecule has 2 atom stereocenters. The molecular formula is C8H19NO. The number of hydrogen-bond acceptors (Lipinski definition) is 2. The summed E-state index contributed by atoms with van der Waals surface area (Å²) in [7, 11) is 0. The Hall–Kier alpha value is -0.0800. The molecule has 0 fully saturated rings. The van der Waals surface area contributed by atoms with Gasteiger partial charge in [-0.15, -0.1) is 0 Å². The van der Waals surface area contributed by atoms with E-state index < -0.39 is 0 Å². The Morgan fingerprint density at radius 2 is 1.90 bits per heavy atom. The van der Waals surface area contributed by atoms with Crippen molar-refractivity contribution >= 4 is 0 Å². The molecule has 1 N–H and O–H groups in total. The standard InChI is InChI=1S/C8H19NO/c1-5-7(3)8(4)9-10-6-2/h7-9H,5-6H2,1-4H3. The third-order valence-corrected chi connectivity index (χ3v) is 1.91. The van der Waals surface area contributed by atoms with Crippen LogP contribution in [0.5, 0.6) is 0 Å². The van der Waals surface area contributed by atoms with Crippen LogP contribution in [-0.4, -0.2) is 12.6 Å². The van der Waals surface area contributed by atoms with Crippen LogP contribution in [0.15, 0.2) is 0 Å². The summed E-state index contributed by atoms with van der Waals surface area (Å²) in [6.45, 7) is 9.27. The molecule has 10 heavy (non-hydrogen) atoms. The summed E-state index contributed by atoms with van der Waals surface area (Å²) >= 11 is 0. The largest absolute Gasteiger partial charge is 0.302 e. The van der Waals surface area contributed by atoms with Gasteiger partial charge in [-0.2, -0.15) is 5.48 Å². The number of rotatable bonds is 5. The molecule has 2 unspecified atom stereocenters. The summed E-state index contributed by atoms with van der Waals surface area (Å²) in [5, 5.41) is 0. The third-order valence-electron chi connectivity index (χ3n) is 1.91. The Morgan fingerprint density at radius 1 is 1.30 bits per heavy atom. The van der Waals surface area contributed by atoms with E-state index >= 15 is 0 Å². The van der Waals surface area contributed by atoms with Crippen LogP contribution < -0.4 is 5.48 Å². The first-order chi connectivity index (χ1) is 4.72. The van der Waals surface area contributed by atoms with Crippen molar-refractivity contribution in [3.63, 3.8) is 0 Å². The van der Waals surface area contributed by atoms with E-state index in [1.165, 1.54) is 6.42 Å². The summed E-state index contributed by atoms with van der Waals surface area (Å²) < 4.78 is 0. The second kappa shape index (κ2) is 5.69. The predicted molar refractivity (Wildman–Crippen MR) is 43.7 cm³/mol. The zero-order valence-corrected chi connectivity index (χ0v) is 7.48. The molecule has 0 rings (SSSR count). The molecule has 62 valence electrons.